The Morgan fingerprint density at radius 1 is 1.03 bits per heavy atom. The predicted molar refractivity (Wildman–Crippen MR) is 138 cm³/mol. The molecule has 3 heterocycles. The first kappa shape index (κ1) is 24.4. The SMILES string of the molecule is CN1CCN(c2nc(-c3cccc(CC(=O)c4c(F)cccc4F)c3)c(-c3ccnc(Cl)n3)s2)CC1. The lowest BCUT2D eigenvalue weighted by Crippen LogP contribution is -2.44. The average Bonchev–Trinajstić information content (AvgIpc) is 3.30. The summed E-state index contributed by atoms with van der Waals surface area (Å²) >= 11 is 7.60. The van der Waals surface area contributed by atoms with Crippen molar-refractivity contribution in [3.8, 4) is 21.8 Å². The van der Waals surface area contributed by atoms with Crippen LogP contribution in [0.3, 0.4) is 0 Å². The van der Waals surface area contributed by atoms with Gasteiger partial charge in [-0.25, -0.2) is 23.7 Å². The van der Waals surface area contributed by atoms with Crippen LogP contribution in [0.4, 0.5) is 13.9 Å². The molecule has 1 aliphatic rings. The lowest BCUT2D eigenvalue weighted by Gasteiger charge is -2.32. The van der Waals surface area contributed by atoms with Crippen LogP contribution < -0.4 is 4.90 Å². The molecule has 36 heavy (non-hydrogen) atoms. The van der Waals surface area contributed by atoms with Gasteiger partial charge in [0.1, 0.15) is 11.6 Å². The molecule has 0 unspecified atom stereocenters. The van der Waals surface area contributed by atoms with E-state index in [4.69, 9.17) is 16.6 Å². The van der Waals surface area contributed by atoms with Gasteiger partial charge in [-0.1, -0.05) is 35.6 Å². The monoisotopic (exact) mass is 525 g/mol. The van der Waals surface area contributed by atoms with Gasteiger partial charge >= 0.3 is 0 Å². The normalized spacial score (nSPS) is 14.3. The minimum atomic E-state index is -0.865. The highest BCUT2D eigenvalue weighted by molar-refractivity contribution is 7.19. The summed E-state index contributed by atoms with van der Waals surface area (Å²) in [5, 5.41) is 1.01. The molecule has 1 aliphatic heterocycles. The number of ketones is 1. The van der Waals surface area contributed by atoms with Crippen LogP contribution in [0.2, 0.25) is 5.28 Å². The third kappa shape index (κ3) is 5.13. The second-order valence-electron chi connectivity index (χ2n) is 8.57. The van der Waals surface area contributed by atoms with Crippen molar-refractivity contribution in [2.75, 3.05) is 38.1 Å². The van der Waals surface area contributed by atoms with Crippen molar-refractivity contribution in [2.45, 2.75) is 6.42 Å². The number of nitrogens with zero attached hydrogens (tertiary/aromatic N) is 5. The Hall–Kier alpha value is -3.27. The summed E-state index contributed by atoms with van der Waals surface area (Å²) in [7, 11) is 2.10. The molecule has 4 aromatic rings. The van der Waals surface area contributed by atoms with Crippen molar-refractivity contribution in [3.63, 3.8) is 0 Å². The van der Waals surface area contributed by atoms with Crippen molar-refractivity contribution in [1.82, 2.24) is 19.9 Å². The summed E-state index contributed by atoms with van der Waals surface area (Å²) in [5.41, 5.74) is 2.23. The molecule has 0 spiro atoms. The highest BCUT2D eigenvalue weighted by Crippen LogP contribution is 2.40. The van der Waals surface area contributed by atoms with Crippen molar-refractivity contribution < 1.29 is 13.6 Å². The maximum absolute atomic E-state index is 14.1. The second-order valence-corrected chi connectivity index (χ2v) is 9.89. The van der Waals surface area contributed by atoms with Gasteiger partial charge in [-0.15, -0.1) is 0 Å². The zero-order chi connectivity index (χ0) is 25.2. The van der Waals surface area contributed by atoms with Gasteiger partial charge in [0.05, 0.1) is 21.8 Å². The number of aromatic nitrogens is 3. The number of likely N-dealkylation sites (N-methyl/N-ethyl adjacent to an activating group) is 1. The average molecular weight is 526 g/mol. The number of hydrogen-bond donors (Lipinski definition) is 0. The van der Waals surface area contributed by atoms with E-state index in [1.54, 1.807) is 24.4 Å². The largest absolute Gasteiger partial charge is 0.345 e. The Balaban J connectivity index is 1.51. The van der Waals surface area contributed by atoms with E-state index >= 15 is 0 Å². The molecule has 1 fully saturated rings. The zero-order valence-corrected chi connectivity index (χ0v) is 21.0. The molecule has 0 amide bonds. The van der Waals surface area contributed by atoms with Gasteiger partial charge in [0.15, 0.2) is 10.9 Å². The van der Waals surface area contributed by atoms with Crippen LogP contribution in [0, 0.1) is 11.6 Å². The highest BCUT2D eigenvalue weighted by Gasteiger charge is 2.23. The molecule has 184 valence electrons. The Bertz CT molecular complexity index is 1400. The Morgan fingerprint density at radius 2 is 1.75 bits per heavy atom. The van der Waals surface area contributed by atoms with Gasteiger partial charge in [0.2, 0.25) is 5.28 Å². The number of carbonyl (C=O) groups is 1. The van der Waals surface area contributed by atoms with Gasteiger partial charge in [-0.05, 0) is 48.5 Å². The van der Waals surface area contributed by atoms with E-state index in [-0.39, 0.29) is 11.7 Å². The summed E-state index contributed by atoms with van der Waals surface area (Å²) in [6.45, 7) is 3.59. The van der Waals surface area contributed by atoms with Crippen molar-refractivity contribution >= 4 is 33.9 Å². The third-order valence-electron chi connectivity index (χ3n) is 6.06. The van der Waals surface area contributed by atoms with Gasteiger partial charge < -0.3 is 9.80 Å². The van der Waals surface area contributed by atoms with E-state index in [0.717, 1.165) is 53.9 Å². The molecule has 0 radical (unpaired) electrons. The van der Waals surface area contributed by atoms with Gasteiger partial charge in [-0.3, -0.25) is 4.79 Å². The molecule has 10 heteroatoms. The number of piperazine rings is 1. The molecular formula is C26H22ClF2N5OS. The summed E-state index contributed by atoms with van der Waals surface area (Å²) < 4.78 is 28.2. The Morgan fingerprint density at radius 3 is 2.47 bits per heavy atom. The maximum Gasteiger partial charge on any atom is 0.222 e. The molecule has 0 aliphatic carbocycles. The predicted octanol–water partition coefficient (Wildman–Crippen LogP) is 5.38. The Kier molecular flexibility index (Phi) is 7.04. The fraction of sp³-hybridized carbons (Fsp3) is 0.231. The second kappa shape index (κ2) is 10.4. The summed E-state index contributed by atoms with van der Waals surface area (Å²) in [6.07, 6.45) is 1.46. The molecule has 2 aromatic heterocycles. The quantitative estimate of drug-likeness (QED) is 0.249. The molecule has 0 saturated carbocycles. The number of carbonyl (C=O) groups excluding carboxylic acids is 1. The molecule has 6 nitrogen and oxygen atoms in total. The molecule has 0 bridgehead atoms. The van der Waals surface area contributed by atoms with Crippen LogP contribution in [0.1, 0.15) is 15.9 Å². The third-order valence-corrected chi connectivity index (χ3v) is 7.38. The highest BCUT2D eigenvalue weighted by atomic mass is 35.5. The first-order valence-corrected chi connectivity index (χ1v) is 12.6. The number of anilines is 1. The number of thiazole rings is 1. The van der Waals surface area contributed by atoms with E-state index in [1.807, 2.05) is 12.1 Å². The fourth-order valence-electron chi connectivity index (χ4n) is 4.14. The van der Waals surface area contributed by atoms with Gasteiger partial charge in [0, 0.05) is 44.4 Å². The smallest absolute Gasteiger partial charge is 0.222 e. The standard InChI is InChI=1S/C26H22ClF2N5OS/c1-33-10-12-34(13-11-33)26-32-23(24(36-26)20-8-9-30-25(27)31-20)17-5-2-4-16(14-17)15-21(35)22-18(28)6-3-7-19(22)29/h2-9,14H,10-13,15H2,1H3. The fourth-order valence-corrected chi connectivity index (χ4v) is 5.40. The van der Waals surface area contributed by atoms with Crippen LogP contribution in [-0.4, -0.2) is 58.9 Å². The van der Waals surface area contributed by atoms with Crippen molar-refractivity contribution in [1.29, 1.82) is 0 Å². The van der Waals surface area contributed by atoms with Gasteiger partial charge in [-0.2, -0.15) is 0 Å². The molecular weight excluding hydrogens is 504 g/mol. The molecule has 0 atom stereocenters. The first-order chi connectivity index (χ1) is 17.4. The van der Waals surface area contributed by atoms with Crippen LogP contribution >= 0.6 is 22.9 Å². The molecule has 5 rings (SSSR count). The Labute approximate surface area is 216 Å². The number of benzene rings is 2. The van der Waals surface area contributed by atoms with Crippen LogP contribution in [-0.2, 0) is 6.42 Å². The van der Waals surface area contributed by atoms with Crippen molar-refractivity contribution in [3.05, 3.63) is 82.8 Å². The lowest BCUT2D eigenvalue weighted by atomic mass is 9.99. The van der Waals surface area contributed by atoms with Crippen LogP contribution in [0.15, 0.2) is 54.7 Å². The lowest BCUT2D eigenvalue weighted by molar-refractivity contribution is 0.0985. The van der Waals surface area contributed by atoms with Crippen molar-refractivity contribution in [2.24, 2.45) is 0 Å². The maximum atomic E-state index is 14.1. The van der Waals surface area contributed by atoms with E-state index in [1.165, 1.54) is 17.4 Å². The molecule has 2 aromatic carbocycles. The topological polar surface area (TPSA) is 62.2 Å². The molecule has 0 N–H and O–H groups in total. The zero-order valence-electron chi connectivity index (χ0n) is 19.4. The minimum Gasteiger partial charge on any atom is -0.345 e. The number of hydrogen-bond acceptors (Lipinski definition) is 7. The summed E-state index contributed by atoms with van der Waals surface area (Å²) in [5.74, 6) is -2.35. The minimum absolute atomic E-state index is 0.138. The summed E-state index contributed by atoms with van der Waals surface area (Å²) in [6, 6.07) is 12.5. The number of rotatable bonds is 6. The number of Topliss-reactive ketones (excluding diaryl/α,β-unsaturated/α-hetero) is 1. The van der Waals surface area contributed by atoms with E-state index < -0.39 is 23.0 Å². The van der Waals surface area contributed by atoms with E-state index in [2.05, 4.69) is 26.8 Å². The van der Waals surface area contributed by atoms with Crippen LogP contribution in [0.5, 0.6) is 0 Å². The first-order valence-electron chi connectivity index (χ1n) is 11.4. The van der Waals surface area contributed by atoms with E-state index in [9.17, 15) is 13.6 Å². The van der Waals surface area contributed by atoms with Gasteiger partial charge in [0.25, 0.3) is 0 Å². The summed E-state index contributed by atoms with van der Waals surface area (Å²) in [4.78, 5) is 31.4. The van der Waals surface area contributed by atoms with Crippen LogP contribution in [0.25, 0.3) is 21.8 Å². The molecule has 1 saturated heterocycles. The van der Waals surface area contributed by atoms with E-state index in [0.29, 0.717) is 17.0 Å². The number of halogens is 3.